The van der Waals surface area contributed by atoms with Crippen LogP contribution in [-0.4, -0.2) is 19.6 Å². The van der Waals surface area contributed by atoms with Gasteiger partial charge < -0.3 is 5.32 Å². The highest BCUT2D eigenvalue weighted by Crippen LogP contribution is 2.12. The third-order valence-electron chi connectivity index (χ3n) is 3.50. The van der Waals surface area contributed by atoms with Gasteiger partial charge in [0.2, 0.25) is 0 Å². The van der Waals surface area contributed by atoms with Gasteiger partial charge in [-0.2, -0.15) is 10.2 Å². The largest absolute Gasteiger partial charge is 0.307 e. The molecule has 0 fully saturated rings. The van der Waals surface area contributed by atoms with Gasteiger partial charge in [0, 0.05) is 44.1 Å². The number of nitrogens with zero attached hydrogens (tertiary/aromatic N) is 4. The minimum Gasteiger partial charge on any atom is -0.307 e. The molecule has 0 aliphatic carbocycles. The van der Waals surface area contributed by atoms with Crippen LogP contribution < -0.4 is 5.32 Å². The predicted octanol–water partition coefficient (Wildman–Crippen LogP) is 2.19. The number of aryl methyl sites for hydroxylation is 2. The van der Waals surface area contributed by atoms with E-state index in [1.165, 1.54) is 11.3 Å². The van der Waals surface area contributed by atoms with Crippen LogP contribution in [0.1, 0.15) is 43.3 Å². The van der Waals surface area contributed by atoms with Gasteiger partial charge in [-0.05, 0) is 26.3 Å². The van der Waals surface area contributed by atoms with Crippen LogP contribution in [0.4, 0.5) is 0 Å². The van der Waals surface area contributed by atoms with E-state index in [-0.39, 0.29) is 0 Å². The van der Waals surface area contributed by atoms with Crippen LogP contribution in [0.25, 0.3) is 0 Å². The van der Waals surface area contributed by atoms with E-state index in [0.717, 1.165) is 25.2 Å². The van der Waals surface area contributed by atoms with E-state index in [2.05, 4.69) is 46.3 Å². The van der Waals surface area contributed by atoms with Crippen LogP contribution in [0, 0.1) is 6.92 Å². The van der Waals surface area contributed by atoms with Crippen molar-refractivity contribution in [3.05, 3.63) is 35.4 Å². The molecule has 5 nitrogen and oxygen atoms in total. The van der Waals surface area contributed by atoms with Crippen LogP contribution in [0.15, 0.2) is 18.5 Å². The molecule has 104 valence electrons. The summed E-state index contributed by atoms with van der Waals surface area (Å²) in [5, 5.41) is 12.2. The zero-order valence-corrected chi connectivity index (χ0v) is 12.2. The third kappa shape index (κ3) is 3.23. The van der Waals surface area contributed by atoms with Gasteiger partial charge in [-0.1, -0.05) is 6.92 Å². The zero-order valence-electron chi connectivity index (χ0n) is 12.2. The molecule has 0 saturated carbocycles. The molecule has 1 atom stereocenters. The van der Waals surface area contributed by atoms with E-state index in [0.29, 0.717) is 6.04 Å². The molecule has 0 radical (unpaired) electrons. The molecule has 0 amide bonds. The molecule has 0 aliphatic heterocycles. The quantitative estimate of drug-likeness (QED) is 0.867. The summed E-state index contributed by atoms with van der Waals surface area (Å²) < 4.78 is 3.96. The van der Waals surface area contributed by atoms with Gasteiger partial charge >= 0.3 is 0 Å². The van der Waals surface area contributed by atoms with Gasteiger partial charge in [0.05, 0.1) is 11.4 Å². The van der Waals surface area contributed by atoms with E-state index < -0.39 is 0 Å². The van der Waals surface area contributed by atoms with Crippen molar-refractivity contribution in [1.29, 1.82) is 0 Å². The van der Waals surface area contributed by atoms with Gasteiger partial charge in [0.1, 0.15) is 0 Å². The van der Waals surface area contributed by atoms with E-state index in [4.69, 9.17) is 0 Å². The molecule has 0 aromatic carbocycles. The maximum atomic E-state index is 4.39. The summed E-state index contributed by atoms with van der Waals surface area (Å²) in [6.07, 6.45) is 5.03. The molecular formula is C14H23N5. The summed E-state index contributed by atoms with van der Waals surface area (Å²) in [4.78, 5) is 0. The Morgan fingerprint density at radius 3 is 2.79 bits per heavy atom. The molecular weight excluding hydrogens is 238 g/mol. The fourth-order valence-corrected chi connectivity index (χ4v) is 2.20. The molecule has 0 spiro atoms. The van der Waals surface area contributed by atoms with E-state index in [9.17, 15) is 0 Å². The van der Waals surface area contributed by atoms with Gasteiger partial charge in [-0.3, -0.25) is 9.36 Å². The molecule has 1 N–H and O–H groups in total. The summed E-state index contributed by atoms with van der Waals surface area (Å²) in [6.45, 7) is 8.09. The van der Waals surface area contributed by atoms with Crippen molar-refractivity contribution in [2.45, 2.75) is 46.3 Å². The summed E-state index contributed by atoms with van der Waals surface area (Å²) in [5.41, 5.74) is 3.57. The maximum absolute atomic E-state index is 4.39. The third-order valence-corrected chi connectivity index (χ3v) is 3.50. The first-order valence-corrected chi connectivity index (χ1v) is 6.84. The Morgan fingerprint density at radius 2 is 2.16 bits per heavy atom. The van der Waals surface area contributed by atoms with E-state index in [1.54, 1.807) is 0 Å². The molecule has 0 saturated heterocycles. The molecule has 2 rings (SSSR count). The molecule has 0 unspecified atom stereocenters. The summed E-state index contributed by atoms with van der Waals surface area (Å²) in [5.74, 6) is 0. The number of hydrogen-bond acceptors (Lipinski definition) is 3. The number of nitrogens with one attached hydrogen (secondary N) is 1. The smallest absolute Gasteiger partial charge is 0.0638 e. The molecule has 2 aromatic rings. The topological polar surface area (TPSA) is 47.7 Å². The lowest BCUT2D eigenvalue weighted by molar-refractivity contribution is 0.451. The van der Waals surface area contributed by atoms with Crippen LogP contribution in [0.5, 0.6) is 0 Å². The Hall–Kier alpha value is -1.62. The average molecular weight is 261 g/mol. The molecule has 2 heterocycles. The molecule has 2 aromatic heterocycles. The van der Waals surface area contributed by atoms with Crippen LogP contribution in [0.3, 0.4) is 0 Å². The highest BCUT2D eigenvalue weighted by Gasteiger charge is 2.08. The molecule has 0 bridgehead atoms. The van der Waals surface area contributed by atoms with E-state index >= 15 is 0 Å². The van der Waals surface area contributed by atoms with Crippen LogP contribution in [0.2, 0.25) is 0 Å². The van der Waals surface area contributed by atoms with Crippen molar-refractivity contribution in [1.82, 2.24) is 24.9 Å². The van der Waals surface area contributed by atoms with Gasteiger partial charge in [-0.25, -0.2) is 0 Å². The lowest BCUT2D eigenvalue weighted by atomic mass is 10.2. The lowest BCUT2D eigenvalue weighted by Crippen LogP contribution is -2.18. The van der Waals surface area contributed by atoms with Gasteiger partial charge in [0.15, 0.2) is 0 Å². The Bertz CT molecular complexity index is 526. The predicted molar refractivity (Wildman–Crippen MR) is 75.7 cm³/mol. The van der Waals surface area contributed by atoms with Crippen molar-refractivity contribution in [2.75, 3.05) is 0 Å². The number of aromatic nitrogens is 4. The normalized spacial score (nSPS) is 12.8. The second-order valence-electron chi connectivity index (χ2n) is 5.04. The Balaban J connectivity index is 1.93. The first-order valence-electron chi connectivity index (χ1n) is 6.84. The molecule has 5 heteroatoms. The van der Waals surface area contributed by atoms with Gasteiger partial charge in [0.25, 0.3) is 0 Å². The average Bonchev–Trinajstić information content (AvgIpc) is 2.96. The van der Waals surface area contributed by atoms with Crippen LogP contribution >= 0.6 is 0 Å². The molecule has 0 aliphatic rings. The van der Waals surface area contributed by atoms with Crippen LogP contribution in [-0.2, 0) is 20.1 Å². The highest BCUT2D eigenvalue weighted by molar-refractivity contribution is 5.15. The molecule has 19 heavy (non-hydrogen) atoms. The maximum Gasteiger partial charge on any atom is 0.0638 e. The fourth-order valence-electron chi connectivity index (χ4n) is 2.20. The van der Waals surface area contributed by atoms with Crippen molar-refractivity contribution < 1.29 is 0 Å². The second-order valence-corrected chi connectivity index (χ2v) is 5.04. The summed E-state index contributed by atoms with van der Waals surface area (Å²) in [6, 6.07) is 2.53. The monoisotopic (exact) mass is 261 g/mol. The number of hydrogen-bond donors (Lipinski definition) is 1. The van der Waals surface area contributed by atoms with E-state index in [1.807, 2.05) is 24.9 Å². The second kappa shape index (κ2) is 6.02. The summed E-state index contributed by atoms with van der Waals surface area (Å²) in [7, 11) is 1.95. The van der Waals surface area contributed by atoms with Crippen molar-refractivity contribution in [3.8, 4) is 0 Å². The first-order chi connectivity index (χ1) is 9.11. The minimum atomic E-state index is 0.451. The Labute approximate surface area is 114 Å². The first kappa shape index (κ1) is 13.8. The summed E-state index contributed by atoms with van der Waals surface area (Å²) >= 11 is 0. The van der Waals surface area contributed by atoms with Gasteiger partial charge in [-0.15, -0.1) is 0 Å². The minimum absolute atomic E-state index is 0.451. The standard InChI is InChI=1S/C14H23N5/c1-5-11(2)19-14(6-7-16-19)9-15-8-13-10-18(4)17-12(13)3/h6-7,10-11,15H,5,8-9H2,1-4H3/t11-/m1/s1. The van der Waals surface area contributed by atoms with Crippen molar-refractivity contribution >= 4 is 0 Å². The zero-order chi connectivity index (χ0) is 13.8. The fraction of sp³-hybridized carbons (Fsp3) is 0.571. The van der Waals surface area contributed by atoms with Crippen molar-refractivity contribution in [3.63, 3.8) is 0 Å². The Kier molecular flexibility index (Phi) is 4.37. The lowest BCUT2D eigenvalue weighted by Gasteiger charge is -2.14. The SMILES string of the molecule is CC[C@@H](C)n1nccc1CNCc1cn(C)nc1C. The highest BCUT2D eigenvalue weighted by atomic mass is 15.3. The van der Waals surface area contributed by atoms with Crippen molar-refractivity contribution in [2.24, 2.45) is 7.05 Å². The Morgan fingerprint density at radius 1 is 1.37 bits per heavy atom. The number of rotatable bonds is 6.